The molecule has 108 valence electrons. The van der Waals surface area contributed by atoms with Crippen molar-refractivity contribution in [2.24, 2.45) is 0 Å². The predicted octanol–water partition coefficient (Wildman–Crippen LogP) is 2.91. The van der Waals surface area contributed by atoms with Crippen LogP contribution in [-0.2, 0) is 4.79 Å². The summed E-state index contributed by atoms with van der Waals surface area (Å²) in [6, 6.07) is 12.2. The molecule has 1 amide bonds. The van der Waals surface area contributed by atoms with Gasteiger partial charge in [0, 0.05) is 6.20 Å². The maximum atomic E-state index is 12.3. The number of carboxylic acids is 1. The summed E-state index contributed by atoms with van der Waals surface area (Å²) in [6.45, 7) is 1.93. The van der Waals surface area contributed by atoms with Crippen molar-refractivity contribution < 1.29 is 14.7 Å². The van der Waals surface area contributed by atoms with E-state index >= 15 is 0 Å². The highest BCUT2D eigenvalue weighted by atomic mass is 16.4. The minimum Gasteiger partial charge on any atom is -0.478 e. The summed E-state index contributed by atoms with van der Waals surface area (Å²) in [7, 11) is 0. The van der Waals surface area contributed by atoms with Gasteiger partial charge in [-0.1, -0.05) is 37.3 Å². The van der Waals surface area contributed by atoms with Crippen LogP contribution in [0, 0.1) is 0 Å². The van der Waals surface area contributed by atoms with E-state index in [1.165, 1.54) is 18.3 Å². The van der Waals surface area contributed by atoms with Crippen molar-refractivity contribution in [3.8, 4) is 0 Å². The van der Waals surface area contributed by atoms with Gasteiger partial charge in [-0.2, -0.15) is 0 Å². The van der Waals surface area contributed by atoms with Crippen molar-refractivity contribution in [1.29, 1.82) is 0 Å². The van der Waals surface area contributed by atoms with Crippen LogP contribution in [0.25, 0.3) is 0 Å². The lowest BCUT2D eigenvalue weighted by Gasteiger charge is -2.15. The fourth-order valence-corrected chi connectivity index (χ4v) is 2.10. The molecule has 0 aliphatic carbocycles. The van der Waals surface area contributed by atoms with Crippen LogP contribution in [0.4, 0.5) is 5.82 Å². The Balaban J connectivity index is 2.16. The number of nitrogens with zero attached hydrogens (tertiary/aromatic N) is 1. The summed E-state index contributed by atoms with van der Waals surface area (Å²) in [5.74, 6) is -1.29. The molecule has 2 N–H and O–H groups in total. The molecule has 1 atom stereocenters. The van der Waals surface area contributed by atoms with E-state index in [9.17, 15) is 9.59 Å². The molecule has 0 radical (unpaired) electrons. The van der Waals surface area contributed by atoms with Gasteiger partial charge in [-0.05, 0) is 24.1 Å². The highest BCUT2D eigenvalue weighted by molar-refractivity contribution is 5.96. The van der Waals surface area contributed by atoms with Gasteiger partial charge in [0.2, 0.25) is 5.91 Å². The predicted molar refractivity (Wildman–Crippen MR) is 79.3 cm³/mol. The molecule has 21 heavy (non-hydrogen) atoms. The van der Waals surface area contributed by atoms with Gasteiger partial charge in [0.05, 0.1) is 11.5 Å². The summed E-state index contributed by atoms with van der Waals surface area (Å²) in [6.07, 6.45) is 2.01. The SMILES string of the molecule is CCC(C(=O)Nc1cc(C(=O)O)ccn1)c1ccccc1. The number of rotatable bonds is 5. The second kappa shape index (κ2) is 6.65. The fraction of sp³-hybridized carbons (Fsp3) is 0.188. The number of carbonyl (C=O) groups is 2. The normalized spacial score (nSPS) is 11.7. The molecule has 2 rings (SSSR count). The standard InChI is InChI=1S/C16H16N2O3/c1-2-13(11-6-4-3-5-7-11)15(19)18-14-10-12(16(20)21)8-9-17-14/h3-10,13H,2H2,1H3,(H,20,21)(H,17,18,19). The molecule has 5 nitrogen and oxygen atoms in total. The van der Waals surface area contributed by atoms with E-state index in [4.69, 9.17) is 5.11 Å². The van der Waals surface area contributed by atoms with Crippen LogP contribution >= 0.6 is 0 Å². The Labute approximate surface area is 122 Å². The first-order valence-electron chi connectivity index (χ1n) is 6.67. The molecule has 5 heteroatoms. The summed E-state index contributed by atoms with van der Waals surface area (Å²) >= 11 is 0. The van der Waals surface area contributed by atoms with Crippen molar-refractivity contribution in [2.75, 3.05) is 5.32 Å². The molecule has 0 fully saturated rings. The molecule has 1 heterocycles. The number of aromatic nitrogens is 1. The molecule has 0 spiro atoms. The molecule has 0 saturated carbocycles. The van der Waals surface area contributed by atoms with Crippen LogP contribution in [0.15, 0.2) is 48.7 Å². The van der Waals surface area contributed by atoms with Crippen molar-refractivity contribution in [3.05, 3.63) is 59.8 Å². The first-order chi connectivity index (χ1) is 10.1. The third-order valence-electron chi connectivity index (χ3n) is 3.18. The highest BCUT2D eigenvalue weighted by Gasteiger charge is 2.19. The lowest BCUT2D eigenvalue weighted by atomic mass is 9.96. The quantitative estimate of drug-likeness (QED) is 0.884. The number of pyridine rings is 1. The molecule has 2 aromatic rings. The number of hydrogen-bond acceptors (Lipinski definition) is 3. The number of amides is 1. The molecule has 1 aromatic heterocycles. The van der Waals surface area contributed by atoms with Crippen LogP contribution in [-0.4, -0.2) is 22.0 Å². The van der Waals surface area contributed by atoms with E-state index in [2.05, 4.69) is 10.3 Å². The Kier molecular flexibility index (Phi) is 4.66. The maximum Gasteiger partial charge on any atom is 0.335 e. The first kappa shape index (κ1) is 14.7. The molecule has 0 aliphatic heterocycles. The molecule has 0 aliphatic rings. The maximum absolute atomic E-state index is 12.3. The van der Waals surface area contributed by atoms with E-state index in [-0.39, 0.29) is 23.2 Å². The molecule has 0 bridgehead atoms. The summed E-state index contributed by atoms with van der Waals surface area (Å²) in [4.78, 5) is 27.2. The molecular formula is C16H16N2O3. The second-order valence-electron chi connectivity index (χ2n) is 4.60. The molecular weight excluding hydrogens is 268 g/mol. The van der Waals surface area contributed by atoms with Gasteiger partial charge < -0.3 is 10.4 Å². The number of carbonyl (C=O) groups excluding carboxylic acids is 1. The average Bonchev–Trinajstić information content (AvgIpc) is 2.49. The minimum absolute atomic E-state index is 0.0908. The smallest absolute Gasteiger partial charge is 0.335 e. The minimum atomic E-state index is -1.05. The van der Waals surface area contributed by atoms with E-state index < -0.39 is 5.97 Å². The van der Waals surface area contributed by atoms with Gasteiger partial charge in [0.25, 0.3) is 0 Å². The second-order valence-corrected chi connectivity index (χ2v) is 4.60. The van der Waals surface area contributed by atoms with Gasteiger partial charge in [-0.25, -0.2) is 9.78 Å². The van der Waals surface area contributed by atoms with Crippen molar-refractivity contribution in [2.45, 2.75) is 19.3 Å². The summed E-state index contributed by atoms with van der Waals surface area (Å²) in [5.41, 5.74) is 1.01. The van der Waals surface area contributed by atoms with Crippen molar-refractivity contribution >= 4 is 17.7 Å². The number of benzene rings is 1. The summed E-state index contributed by atoms with van der Waals surface area (Å²) in [5, 5.41) is 11.6. The highest BCUT2D eigenvalue weighted by Crippen LogP contribution is 2.21. The Morgan fingerprint density at radius 2 is 1.95 bits per heavy atom. The molecule has 0 saturated heterocycles. The lowest BCUT2D eigenvalue weighted by Crippen LogP contribution is -2.21. The first-order valence-corrected chi connectivity index (χ1v) is 6.67. The number of nitrogens with one attached hydrogen (secondary N) is 1. The van der Waals surface area contributed by atoms with Crippen LogP contribution in [0.3, 0.4) is 0 Å². The van der Waals surface area contributed by atoms with E-state index in [0.717, 1.165) is 5.56 Å². The van der Waals surface area contributed by atoms with Crippen molar-refractivity contribution in [1.82, 2.24) is 4.98 Å². The van der Waals surface area contributed by atoms with Gasteiger partial charge in [0.15, 0.2) is 0 Å². The van der Waals surface area contributed by atoms with E-state index in [1.54, 1.807) is 0 Å². The van der Waals surface area contributed by atoms with E-state index in [1.807, 2.05) is 37.3 Å². The van der Waals surface area contributed by atoms with Crippen LogP contribution < -0.4 is 5.32 Å². The van der Waals surface area contributed by atoms with Gasteiger partial charge in [-0.3, -0.25) is 4.79 Å². The van der Waals surface area contributed by atoms with Gasteiger partial charge >= 0.3 is 5.97 Å². The zero-order chi connectivity index (χ0) is 15.2. The fourth-order valence-electron chi connectivity index (χ4n) is 2.10. The van der Waals surface area contributed by atoms with E-state index in [0.29, 0.717) is 6.42 Å². The third-order valence-corrected chi connectivity index (χ3v) is 3.18. The monoisotopic (exact) mass is 284 g/mol. The van der Waals surface area contributed by atoms with Gasteiger partial charge in [-0.15, -0.1) is 0 Å². The van der Waals surface area contributed by atoms with Crippen molar-refractivity contribution in [3.63, 3.8) is 0 Å². The molecule has 1 aromatic carbocycles. The largest absolute Gasteiger partial charge is 0.478 e. The van der Waals surface area contributed by atoms with Gasteiger partial charge in [0.1, 0.15) is 5.82 Å². The Morgan fingerprint density at radius 1 is 1.24 bits per heavy atom. The summed E-state index contributed by atoms with van der Waals surface area (Å²) < 4.78 is 0. The number of hydrogen-bond donors (Lipinski definition) is 2. The Bertz CT molecular complexity index is 641. The Hall–Kier alpha value is -2.69. The average molecular weight is 284 g/mol. The number of aromatic carboxylic acids is 1. The zero-order valence-corrected chi connectivity index (χ0v) is 11.6. The topological polar surface area (TPSA) is 79.3 Å². The zero-order valence-electron chi connectivity index (χ0n) is 11.6. The van der Waals surface area contributed by atoms with Crippen LogP contribution in [0.1, 0.15) is 35.2 Å². The molecule has 1 unspecified atom stereocenters. The van der Waals surface area contributed by atoms with Crippen LogP contribution in [0.5, 0.6) is 0 Å². The van der Waals surface area contributed by atoms with Crippen LogP contribution in [0.2, 0.25) is 0 Å². The number of anilines is 1. The third kappa shape index (κ3) is 3.66. The lowest BCUT2D eigenvalue weighted by molar-refractivity contribution is -0.117. The number of carboxylic acid groups (broad SMARTS) is 1. The Morgan fingerprint density at radius 3 is 2.57 bits per heavy atom.